The van der Waals surface area contributed by atoms with Crippen LogP contribution in [0.4, 0.5) is 0 Å². The zero-order chi connectivity index (χ0) is 13.0. The largest absolute Gasteiger partial charge is 0.355 e. The van der Waals surface area contributed by atoms with Crippen molar-refractivity contribution in [2.45, 2.75) is 12.8 Å². The minimum atomic E-state index is 0.0280. The van der Waals surface area contributed by atoms with Gasteiger partial charge in [0.05, 0.1) is 12.6 Å². The number of carbonyl (C=O) groups excluding carboxylic acids is 1. The number of thiophene rings is 1. The summed E-state index contributed by atoms with van der Waals surface area (Å²) < 4.78 is 2.56. The number of carbonyl (C=O) groups is 1. The second kappa shape index (κ2) is 6.15. The molecule has 0 saturated carbocycles. The molecule has 0 atom stereocenters. The zero-order valence-corrected chi connectivity index (χ0v) is 12.4. The first-order valence-electron chi connectivity index (χ1n) is 5.62. The highest BCUT2D eigenvalue weighted by molar-refractivity contribution is 9.10. The van der Waals surface area contributed by atoms with Crippen molar-refractivity contribution in [3.63, 3.8) is 0 Å². The van der Waals surface area contributed by atoms with Crippen LogP contribution in [0.2, 0.25) is 0 Å². The van der Waals surface area contributed by atoms with Crippen LogP contribution in [-0.4, -0.2) is 22.2 Å². The number of nitrogens with zero attached hydrogens (tertiary/aromatic N) is 2. The third-order valence-corrected chi connectivity index (χ3v) is 4.52. The predicted octanol–water partition coefficient (Wildman–Crippen LogP) is 2.15. The molecule has 2 aromatic heterocycles. The summed E-state index contributed by atoms with van der Waals surface area (Å²) in [5, 5.41) is 9.04. The highest BCUT2D eigenvalue weighted by atomic mass is 79.9. The molecule has 0 aliphatic heterocycles. The molecule has 2 rings (SSSR count). The van der Waals surface area contributed by atoms with Gasteiger partial charge in [0, 0.05) is 24.0 Å². The van der Waals surface area contributed by atoms with Gasteiger partial charge in [-0.25, -0.2) is 0 Å². The molecule has 4 nitrogen and oxygen atoms in total. The third kappa shape index (κ3) is 3.43. The maximum absolute atomic E-state index is 11.7. The molecule has 0 saturated heterocycles. The van der Waals surface area contributed by atoms with E-state index in [0.29, 0.717) is 13.0 Å². The SMILES string of the molecule is Cn1ncc(CC(=O)NCCc2cccs2)c1Br. The molecule has 2 aromatic rings. The fourth-order valence-electron chi connectivity index (χ4n) is 1.60. The maximum atomic E-state index is 11.7. The second-order valence-corrected chi connectivity index (χ2v) is 5.72. The smallest absolute Gasteiger partial charge is 0.224 e. The number of nitrogens with one attached hydrogen (secondary N) is 1. The number of aryl methyl sites for hydroxylation is 1. The van der Waals surface area contributed by atoms with Gasteiger partial charge in [0.1, 0.15) is 4.60 Å². The van der Waals surface area contributed by atoms with Crippen LogP contribution in [0.5, 0.6) is 0 Å². The van der Waals surface area contributed by atoms with E-state index in [0.717, 1.165) is 16.6 Å². The second-order valence-electron chi connectivity index (χ2n) is 3.94. The molecule has 0 fully saturated rings. The predicted molar refractivity (Wildman–Crippen MR) is 75.6 cm³/mol. The highest BCUT2D eigenvalue weighted by Crippen LogP contribution is 2.15. The van der Waals surface area contributed by atoms with Crippen molar-refractivity contribution in [1.82, 2.24) is 15.1 Å². The molecule has 18 heavy (non-hydrogen) atoms. The van der Waals surface area contributed by atoms with Gasteiger partial charge in [0.2, 0.25) is 5.91 Å². The Morgan fingerprint density at radius 1 is 1.61 bits per heavy atom. The monoisotopic (exact) mass is 327 g/mol. The van der Waals surface area contributed by atoms with E-state index >= 15 is 0 Å². The fourth-order valence-corrected chi connectivity index (χ4v) is 2.65. The van der Waals surface area contributed by atoms with Gasteiger partial charge in [-0.05, 0) is 33.8 Å². The number of halogens is 1. The van der Waals surface area contributed by atoms with Crippen LogP contribution in [0.1, 0.15) is 10.4 Å². The van der Waals surface area contributed by atoms with E-state index < -0.39 is 0 Å². The highest BCUT2D eigenvalue weighted by Gasteiger charge is 2.09. The van der Waals surface area contributed by atoms with Crippen molar-refractivity contribution in [2.75, 3.05) is 6.54 Å². The molecule has 0 aliphatic rings. The molecular weight excluding hydrogens is 314 g/mol. The van der Waals surface area contributed by atoms with Crippen molar-refractivity contribution in [3.8, 4) is 0 Å². The zero-order valence-electron chi connectivity index (χ0n) is 10.0. The van der Waals surface area contributed by atoms with E-state index in [2.05, 4.69) is 32.4 Å². The average Bonchev–Trinajstić information content (AvgIpc) is 2.95. The number of amides is 1. The van der Waals surface area contributed by atoms with Crippen LogP contribution in [0, 0.1) is 0 Å². The van der Waals surface area contributed by atoms with Crippen LogP contribution >= 0.6 is 27.3 Å². The van der Waals surface area contributed by atoms with Crippen molar-refractivity contribution < 1.29 is 4.79 Å². The molecule has 0 aromatic carbocycles. The van der Waals surface area contributed by atoms with Crippen LogP contribution in [-0.2, 0) is 24.7 Å². The van der Waals surface area contributed by atoms with E-state index in [4.69, 9.17) is 0 Å². The summed E-state index contributed by atoms with van der Waals surface area (Å²) in [6, 6.07) is 4.10. The Morgan fingerprint density at radius 3 is 3.06 bits per heavy atom. The summed E-state index contributed by atoms with van der Waals surface area (Å²) in [5.41, 5.74) is 0.908. The lowest BCUT2D eigenvalue weighted by atomic mass is 10.2. The van der Waals surface area contributed by atoms with Crippen LogP contribution in [0.15, 0.2) is 28.3 Å². The van der Waals surface area contributed by atoms with Gasteiger partial charge in [-0.15, -0.1) is 11.3 Å². The maximum Gasteiger partial charge on any atom is 0.224 e. The molecular formula is C12H14BrN3OS. The molecule has 0 radical (unpaired) electrons. The summed E-state index contributed by atoms with van der Waals surface area (Å²) in [6.45, 7) is 0.678. The van der Waals surface area contributed by atoms with E-state index in [1.54, 1.807) is 22.2 Å². The summed E-state index contributed by atoms with van der Waals surface area (Å²) >= 11 is 5.11. The lowest BCUT2D eigenvalue weighted by Gasteiger charge is -2.03. The number of hydrogen-bond acceptors (Lipinski definition) is 3. The summed E-state index contributed by atoms with van der Waals surface area (Å²) in [4.78, 5) is 13.0. The molecule has 96 valence electrons. The molecule has 0 bridgehead atoms. The Labute approximate surface area is 118 Å². The lowest BCUT2D eigenvalue weighted by Crippen LogP contribution is -2.27. The van der Waals surface area contributed by atoms with Gasteiger partial charge < -0.3 is 5.32 Å². The first-order valence-corrected chi connectivity index (χ1v) is 7.29. The average molecular weight is 328 g/mol. The minimum absolute atomic E-state index is 0.0280. The van der Waals surface area contributed by atoms with E-state index in [1.165, 1.54) is 4.88 Å². The van der Waals surface area contributed by atoms with E-state index in [-0.39, 0.29) is 5.91 Å². The van der Waals surface area contributed by atoms with E-state index in [1.807, 2.05) is 18.5 Å². The quantitative estimate of drug-likeness (QED) is 0.914. The third-order valence-electron chi connectivity index (χ3n) is 2.56. The summed E-state index contributed by atoms with van der Waals surface area (Å²) in [6.07, 6.45) is 2.96. The Balaban J connectivity index is 1.77. The molecule has 2 heterocycles. The van der Waals surface area contributed by atoms with Gasteiger partial charge in [0.15, 0.2) is 0 Å². The van der Waals surface area contributed by atoms with Crippen LogP contribution in [0.25, 0.3) is 0 Å². The molecule has 1 N–H and O–H groups in total. The molecule has 0 spiro atoms. The van der Waals surface area contributed by atoms with Gasteiger partial charge in [-0.3, -0.25) is 9.48 Å². The molecule has 0 unspecified atom stereocenters. The molecule has 0 aliphatic carbocycles. The fraction of sp³-hybridized carbons (Fsp3) is 0.333. The Kier molecular flexibility index (Phi) is 4.54. The Morgan fingerprint density at radius 2 is 2.44 bits per heavy atom. The van der Waals surface area contributed by atoms with Gasteiger partial charge in [-0.2, -0.15) is 5.10 Å². The van der Waals surface area contributed by atoms with Crippen molar-refractivity contribution >= 4 is 33.2 Å². The van der Waals surface area contributed by atoms with Gasteiger partial charge in [-0.1, -0.05) is 6.07 Å². The number of hydrogen-bond donors (Lipinski definition) is 1. The number of aromatic nitrogens is 2. The Bertz CT molecular complexity index is 521. The van der Waals surface area contributed by atoms with Crippen molar-refractivity contribution in [2.24, 2.45) is 7.05 Å². The number of rotatable bonds is 5. The van der Waals surface area contributed by atoms with Gasteiger partial charge >= 0.3 is 0 Å². The first-order chi connectivity index (χ1) is 8.66. The normalized spacial score (nSPS) is 10.6. The van der Waals surface area contributed by atoms with Crippen LogP contribution < -0.4 is 5.32 Å². The standard InChI is InChI=1S/C12H14BrN3OS/c1-16-12(13)9(8-15-16)7-11(17)14-5-4-10-3-2-6-18-10/h2-3,6,8H,4-5,7H2,1H3,(H,14,17). The summed E-state index contributed by atoms with van der Waals surface area (Å²) in [5.74, 6) is 0.0280. The van der Waals surface area contributed by atoms with Crippen molar-refractivity contribution in [1.29, 1.82) is 0 Å². The van der Waals surface area contributed by atoms with E-state index in [9.17, 15) is 4.79 Å². The Hall–Kier alpha value is -1.14. The summed E-state index contributed by atoms with van der Waals surface area (Å²) in [7, 11) is 1.84. The molecule has 6 heteroatoms. The first kappa shape index (κ1) is 13.3. The lowest BCUT2D eigenvalue weighted by molar-refractivity contribution is -0.120. The van der Waals surface area contributed by atoms with Crippen molar-refractivity contribution in [3.05, 3.63) is 38.8 Å². The topological polar surface area (TPSA) is 46.9 Å². The molecule has 1 amide bonds. The van der Waals surface area contributed by atoms with Crippen LogP contribution in [0.3, 0.4) is 0 Å². The van der Waals surface area contributed by atoms with Gasteiger partial charge in [0.25, 0.3) is 0 Å². The minimum Gasteiger partial charge on any atom is -0.355 e.